The van der Waals surface area contributed by atoms with Crippen LogP contribution in [0.15, 0.2) is 35.5 Å². The number of H-pyrrole nitrogens is 1. The Kier molecular flexibility index (Phi) is 13.4. The van der Waals surface area contributed by atoms with Crippen LogP contribution in [0.1, 0.15) is 51.5 Å². The minimum atomic E-state index is -1.21. The molecule has 1 heterocycles. The van der Waals surface area contributed by atoms with Gasteiger partial charge >= 0.3 is 5.97 Å². The summed E-state index contributed by atoms with van der Waals surface area (Å²) in [6.07, 6.45) is 2.16. The maximum absolute atomic E-state index is 13.7. The Morgan fingerprint density at radius 1 is 0.907 bits per heavy atom. The molecular formula is C28H43N9O6. The Labute approximate surface area is 249 Å². The van der Waals surface area contributed by atoms with Crippen molar-refractivity contribution in [2.75, 3.05) is 6.54 Å². The van der Waals surface area contributed by atoms with Gasteiger partial charge in [-0.05, 0) is 43.2 Å². The Morgan fingerprint density at radius 3 is 2.16 bits per heavy atom. The SMILES string of the molecule is CC(C)CC(NC(=O)C(CCCN=C(N)N)NC(=O)C(Cc1c[nH]c2ccccc12)NC(=O)C(N)CCC(N)=O)C(=O)O. The summed E-state index contributed by atoms with van der Waals surface area (Å²) >= 11 is 0. The van der Waals surface area contributed by atoms with Gasteiger partial charge in [-0.25, -0.2) is 4.79 Å². The van der Waals surface area contributed by atoms with Gasteiger partial charge in [0, 0.05) is 36.5 Å². The van der Waals surface area contributed by atoms with Gasteiger partial charge in [0.25, 0.3) is 0 Å². The molecule has 2 aromatic rings. The van der Waals surface area contributed by atoms with Gasteiger partial charge in [-0.15, -0.1) is 0 Å². The van der Waals surface area contributed by atoms with Gasteiger partial charge in [0.15, 0.2) is 5.96 Å². The van der Waals surface area contributed by atoms with E-state index in [1.54, 1.807) is 6.20 Å². The zero-order chi connectivity index (χ0) is 32.1. The summed E-state index contributed by atoms with van der Waals surface area (Å²) in [4.78, 5) is 69.8. The van der Waals surface area contributed by atoms with Gasteiger partial charge in [-0.2, -0.15) is 0 Å². The van der Waals surface area contributed by atoms with E-state index in [2.05, 4.69) is 25.9 Å². The first-order chi connectivity index (χ1) is 20.3. The number of hydrogen-bond donors (Lipinski definition) is 9. The number of amides is 4. The van der Waals surface area contributed by atoms with Crippen LogP contribution in [0.5, 0.6) is 0 Å². The molecule has 1 aromatic heterocycles. The molecule has 15 heteroatoms. The summed E-state index contributed by atoms with van der Waals surface area (Å²) in [5, 5.41) is 18.2. The minimum absolute atomic E-state index is 0.0224. The van der Waals surface area contributed by atoms with Crippen molar-refractivity contribution in [3.8, 4) is 0 Å². The molecule has 15 nitrogen and oxygen atoms in total. The molecule has 1 aromatic carbocycles. The molecule has 4 atom stereocenters. The molecule has 0 aliphatic rings. The number of aliphatic imine (C=N–C) groups is 1. The maximum Gasteiger partial charge on any atom is 0.326 e. The molecule has 0 bridgehead atoms. The van der Waals surface area contributed by atoms with Crippen LogP contribution in [0.3, 0.4) is 0 Å². The number of nitrogens with one attached hydrogen (secondary N) is 4. The number of aromatic amines is 1. The van der Waals surface area contributed by atoms with Gasteiger partial charge < -0.3 is 49.0 Å². The number of rotatable bonds is 18. The van der Waals surface area contributed by atoms with Gasteiger partial charge in [0.1, 0.15) is 18.1 Å². The summed E-state index contributed by atoms with van der Waals surface area (Å²) < 4.78 is 0. The third-order valence-corrected chi connectivity index (χ3v) is 6.67. The number of carbonyl (C=O) groups is 5. The lowest BCUT2D eigenvalue weighted by atomic mass is 10.0. The van der Waals surface area contributed by atoms with Crippen LogP contribution in [0.25, 0.3) is 10.9 Å². The molecule has 0 aliphatic carbocycles. The molecule has 4 unspecified atom stereocenters. The fourth-order valence-electron chi connectivity index (χ4n) is 4.45. The van der Waals surface area contributed by atoms with Crippen molar-refractivity contribution in [1.82, 2.24) is 20.9 Å². The average Bonchev–Trinajstić information content (AvgIpc) is 3.34. The summed E-state index contributed by atoms with van der Waals surface area (Å²) in [5.74, 6) is -4.07. The molecule has 2 rings (SSSR count). The molecular weight excluding hydrogens is 558 g/mol. The van der Waals surface area contributed by atoms with E-state index in [1.807, 2.05) is 38.1 Å². The van der Waals surface area contributed by atoms with E-state index in [0.29, 0.717) is 0 Å². The van der Waals surface area contributed by atoms with Crippen LogP contribution in [-0.4, -0.2) is 76.4 Å². The lowest BCUT2D eigenvalue weighted by Gasteiger charge is -2.25. The number of aliphatic carboxylic acids is 1. The van der Waals surface area contributed by atoms with E-state index in [9.17, 15) is 29.1 Å². The molecule has 4 amide bonds. The second kappa shape index (κ2) is 16.7. The number of nitrogens with two attached hydrogens (primary N) is 4. The van der Waals surface area contributed by atoms with Crippen molar-refractivity contribution < 1.29 is 29.1 Å². The zero-order valence-electron chi connectivity index (χ0n) is 24.5. The number of carboxylic acids is 1. The van der Waals surface area contributed by atoms with Crippen LogP contribution >= 0.6 is 0 Å². The lowest BCUT2D eigenvalue weighted by Crippen LogP contribution is -2.57. The Bertz CT molecular complexity index is 1300. The summed E-state index contributed by atoms with van der Waals surface area (Å²) in [5.41, 5.74) is 23.4. The average molecular weight is 602 g/mol. The Balaban J connectivity index is 2.32. The van der Waals surface area contributed by atoms with Gasteiger partial charge in [0.2, 0.25) is 23.6 Å². The molecule has 0 spiro atoms. The second-order valence-electron chi connectivity index (χ2n) is 10.8. The first-order valence-electron chi connectivity index (χ1n) is 14.1. The van der Waals surface area contributed by atoms with Crippen LogP contribution < -0.4 is 38.9 Å². The van der Waals surface area contributed by atoms with E-state index in [-0.39, 0.29) is 56.9 Å². The van der Waals surface area contributed by atoms with Gasteiger partial charge in [-0.1, -0.05) is 32.0 Å². The Hall–Kier alpha value is -4.66. The standard InChI is InChI=1S/C28H43N9O6/c1-15(2)12-22(27(42)43)37-25(40)20(8-5-11-33-28(31)32)35-26(41)21(36-24(39)18(29)9-10-23(30)38)13-16-14-34-19-7-4-3-6-17(16)19/h3-4,6-7,14-15,18,20-22,34H,5,8-13,29H2,1-2H3,(H2,30,38)(H,35,41)(H,36,39)(H,37,40)(H,42,43)(H4,31,32,33). The zero-order valence-corrected chi connectivity index (χ0v) is 24.5. The molecule has 0 radical (unpaired) electrons. The molecule has 236 valence electrons. The van der Waals surface area contributed by atoms with Gasteiger partial charge in [0.05, 0.1) is 6.04 Å². The highest BCUT2D eigenvalue weighted by atomic mass is 16.4. The number of benzene rings is 1. The maximum atomic E-state index is 13.7. The first-order valence-corrected chi connectivity index (χ1v) is 14.1. The smallest absolute Gasteiger partial charge is 0.326 e. The molecule has 0 saturated heterocycles. The van der Waals surface area contributed by atoms with Gasteiger partial charge in [-0.3, -0.25) is 24.2 Å². The number of para-hydroxylation sites is 1. The number of nitrogens with zero attached hydrogens (tertiary/aromatic N) is 1. The fourth-order valence-corrected chi connectivity index (χ4v) is 4.45. The highest BCUT2D eigenvalue weighted by molar-refractivity contribution is 5.95. The summed E-state index contributed by atoms with van der Waals surface area (Å²) in [6, 6.07) is 2.77. The number of guanidine groups is 1. The fraction of sp³-hybridized carbons (Fsp3) is 0.500. The number of hydrogen-bond acceptors (Lipinski definition) is 7. The van der Waals surface area contributed by atoms with Crippen molar-refractivity contribution in [2.45, 2.75) is 76.5 Å². The van der Waals surface area contributed by atoms with Crippen molar-refractivity contribution in [2.24, 2.45) is 33.8 Å². The number of carboxylic acid groups (broad SMARTS) is 1. The molecule has 43 heavy (non-hydrogen) atoms. The van der Waals surface area contributed by atoms with Crippen molar-refractivity contribution in [3.63, 3.8) is 0 Å². The molecule has 0 fully saturated rings. The third kappa shape index (κ3) is 11.6. The van der Waals surface area contributed by atoms with E-state index in [1.165, 1.54) is 0 Å². The predicted molar refractivity (Wildman–Crippen MR) is 161 cm³/mol. The van der Waals surface area contributed by atoms with Crippen molar-refractivity contribution in [3.05, 3.63) is 36.0 Å². The third-order valence-electron chi connectivity index (χ3n) is 6.67. The van der Waals surface area contributed by atoms with E-state index < -0.39 is 53.8 Å². The number of fused-ring (bicyclic) bond motifs is 1. The first kappa shape index (κ1) is 34.5. The van der Waals surface area contributed by atoms with Crippen LogP contribution in [0.4, 0.5) is 0 Å². The highest BCUT2D eigenvalue weighted by Gasteiger charge is 2.31. The van der Waals surface area contributed by atoms with Crippen LogP contribution in [0.2, 0.25) is 0 Å². The summed E-state index contributed by atoms with van der Waals surface area (Å²) in [7, 11) is 0. The number of aromatic nitrogens is 1. The van der Waals surface area contributed by atoms with E-state index in [4.69, 9.17) is 22.9 Å². The number of carbonyl (C=O) groups excluding carboxylic acids is 4. The predicted octanol–water partition coefficient (Wildman–Crippen LogP) is -1.06. The van der Waals surface area contributed by atoms with E-state index in [0.717, 1.165) is 16.5 Å². The highest BCUT2D eigenvalue weighted by Crippen LogP contribution is 2.19. The summed E-state index contributed by atoms with van der Waals surface area (Å²) in [6.45, 7) is 3.81. The van der Waals surface area contributed by atoms with Crippen LogP contribution in [-0.2, 0) is 30.4 Å². The van der Waals surface area contributed by atoms with Crippen LogP contribution in [0, 0.1) is 5.92 Å². The quantitative estimate of drug-likeness (QED) is 0.0571. The molecule has 13 N–H and O–H groups in total. The minimum Gasteiger partial charge on any atom is -0.480 e. The number of primary amides is 1. The van der Waals surface area contributed by atoms with Crippen molar-refractivity contribution >= 4 is 46.5 Å². The van der Waals surface area contributed by atoms with Crippen molar-refractivity contribution in [1.29, 1.82) is 0 Å². The lowest BCUT2D eigenvalue weighted by molar-refractivity contribution is -0.142. The normalized spacial score (nSPS) is 13.9. The Morgan fingerprint density at radius 2 is 1.53 bits per heavy atom. The largest absolute Gasteiger partial charge is 0.480 e. The molecule has 0 aliphatic heterocycles. The monoisotopic (exact) mass is 601 g/mol. The van der Waals surface area contributed by atoms with E-state index >= 15 is 0 Å². The molecule has 0 saturated carbocycles. The topological polar surface area (TPSA) is 274 Å². The second-order valence-corrected chi connectivity index (χ2v) is 10.8.